The minimum atomic E-state index is -3.55. The van der Waals surface area contributed by atoms with Crippen LogP contribution in [0.2, 0.25) is 0 Å². The van der Waals surface area contributed by atoms with Gasteiger partial charge in [-0.25, -0.2) is 12.8 Å². The second-order valence-electron chi connectivity index (χ2n) is 6.16. The summed E-state index contributed by atoms with van der Waals surface area (Å²) >= 11 is 0. The highest BCUT2D eigenvalue weighted by Crippen LogP contribution is 2.19. The van der Waals surface area contributed by atoms with Crippen molar-refractivity contribution in [2.45, 2.75) is 30.7 Å². The van der Waals surface area contributed by atoms with Crippen molar-refractivity contribution in [2.24, 2.45) is 0 Å². The van der Waals surface area contributed by atoms with Gasteiger partial charge >= 0.3 is 0 Å². The lowest BCUT2D eigenvalue weighted by molar-refractivity contribution is 0.300. The van der Waals surface area contributed by atoms with Crippen molar-refractivity contribution < 1.29 is 17.5 Å². The summed E-state index contributed by atoms with van der Waals surface area (Å²) < 4.78 is 46.4. The maximum atomic E-state index is 12.8. The third-order valence-electron chi connectivity index (χ3n) is 4.28. The van der Waals surface area contributed by atoms with Crippen LogP contribution in [0.15, 0.2) is 52.3 Å². The Morgan fingerprint density at radius 2 is 1.73 bits per heavy atom. The Kier molecular flexibility index (Phi) is 5.73. The van der Waals surface area contributed by atoms with Gasteiger partial charge in [0.2, 0.25) is 10.0 Å². The monoisotopic (exact) mass is 380 g/mol. The molecule has 0 aliphatic carbocycles. The van der Waals surface area contributed by atoms with Gasteiger partial charge < -0.3 is 9.30 Å². The van der Waals surface area contributed by atoms with Gasteiger partial charge in [-0.15, -0.1) is 0 Å². The van der Waals surface area contributed by atoms with E-state index in [2.05, 4.69) is 0 Å². The molecule has 1 saturated heterocycles. The zero-order valence-electron chi connectivity index (χ0n) is 14.3. The number of hydrogen-bond acceptors (Lipinski definition) is 4. The van der Waals surface area contributed by atoms with Gasteiger partial charge in [-0.2, -0.15) is 4.31 Å². The molecule has 0 bridgehead atoms. The number of nitrogens with zero attached hydrogens (tertiary/aromatic N) is 2. The van der Waals surface area contributed by atoms with Crippen molar-refractivity contribution in [3.05, 3.63) is 58.8 Å². The van der Waals surface area contributed by atoms with Crippen LogP contribution in [0.3, 0.4) is 0 Å². The van der Waals surface area contributed by atoms with Crippen LogP contribution in [0.5, 0.6) is 5.75 Å². The number of rotatable bonds is 7. The fraction of sp³-hybridized carbons (Fsp3) is 0.389. The zero-order valence-corrected chi connectivity index (χ0v) is 15.1. The third kappa shape index (κ3) is 4.31. The van der Waals surface area contributed by atoms with Crippen molar-refractivity contribution in [1.29, 1.82) is 0 Å². The van der Waals surface area contributed by atoms with Gasteiger partial charge in [-0.3, -0.25) is 4.79 Å². The summed E-state index contributed by atoms with van der Waals surface area (Å²) in [6, 6.07) is 8.33. The lowest BCUT2D eigenvalue weighted by Crippen LogP contribution is -2.29. The smallest absolute Gasteiger partial charge is 0.250 e. The molecule has 0 unspecified atom stereocenters. The molecule has 0 atom stereocenters. The molecule has 0 amide bonds. The van der Waals surface area contributed by atoms with Crippen LogP contribution >= 0.6 is 0 Å². The summed E-state index contributed by atoms with van der Waals surface area (Å²) in [6.45, 7) is 1.71. The quantitative estimate of drug-likeness (QED) is 0.691. The van der Waals surface area contributed by atoms with Gasteiger partial charge in [0.1, 0.15) is 11.6 Å². The minimum absolute atomic E-state index is 0.137. The van der Waals surface area contributed by atoms with Crippen LogP contribution in [0.4, 0.5) is 4.39 Å². The van der Waals surface area contributed by atoms with E-state index in [0.717, 1.165) is 12.8 Å². The van der Waals surface area contributed by atoms with E-state index < -0.39 is 10.0 Å². The third-order valence-corrected chi connectivity index (χ3v) is 6.17. The highest BCUT2D eigenvalue weighted by molar-refractivity contribution is 7.89. The maximum absolute atomic E-state index is 12.8. The number of sulfonamides is 1. The molecule has 8 heteroatoms. The zero-order chi connectivity index (χ0) is 18.6. The van der Waals surface area contributed by atoms with Crippen LogP contribution in [0.25, 0.3) is 0 Å². The highest BCUT2D eigenvalue weighted by atomic mass is 32.2. The summed E-state index contributed by atoms with van der Waals surface area (Å²) in [6.07, 6.45) is 3.64. The Morgan fingerprint density at radius 3 is 2.42 bits per heavy atom. The van der Waals surface area contributed by atoms with E-state index in [0.29, 0.717) is 38.4 Å². The molecule has 1 fully saturated rings. The first kappa shape index (κ1) is 18.6. The molecule has 1 aliphatic rings. The molecule has 6 nitrogen and oxygen atoms in total. The lowest BCUT2D eigenvalue weighted by atomic mass is 10.3. The molecule has 1 aromatic heterocycles. The second-order valence-corrected chi connectivity index (χ2v) is 8.10. The molecule has 0 saturated carbocycles. The van der Waals surface area contributed by atoms with Crippen molar-refractivity contribution in [3.8, 4) is 5.75 Å². The number of halogens is 1. The van der Waals surface area contributed by atoms with E-state index in [1.807, 2.05) is 0 Å². The fourth-order valence-electron chi connectivity index (χ4n) is 2.87. The van der Waals surface area contributed by atoms with Gasteiger partial charge in [0, 0.05) is 31.9 Å². The lowest BCUT2D eigenvalue weighted by Gasteiger charge is -2.16. The van der Waals surface area contributed by atoms with Gasteiger partial charge in [0.05, 0.1) is 11.5 Å². The molecular formula is C18H21FN2O4S. The standard InChI is InChI=1S/C18H21FN2O4S/c19-15-4-6-16(7-5-15)25-13-3-10-20-14-17(8-9-18(20)22)26(23,24)21-11-1-2-12-21/h4-9,14H,1-3,10-13H2. The predicted molar refractivity (Wildman–Crippen MR) is 95.2 cm³/mol. The normalized spacial score (nSPS) is 15.3. The summed E-state index contributed by atoms with van der Waals surface area (Å²) in [5.41, 5.74) is -0.257. The van der Waals surface area contributed by atoms with E-state index in [9.17, 15) is 17.6 Å². The van der Waals surface area contributed by atoms with Crippen LogP contribution in [-0.4, -0.2) is 37.0 Å². The Hall–Kier alpha value is -2.19. The molecule has 1 aliphatic heterocycles. The van der Waals surface area contributed by atoms with Crippen LogP contribution in [0, 0.1) is 5.82 Å². The Balaban J connectivity index is 1.62. The summed E-state index contributed by atoms with van der Waals surface area (Å²) in [4.78, 5) is 12.1. The molecule has 2 heterocycles. The van der Waals surface area contributed by atoms with Crippen molar-refractivity contribution >= 4 is 10.0 Å². The molecule has 140 valence electrons. The molecule has 0 radical (unpaired) electrons. The predicted octanol–water partition coefficient (Wildman–Crippen LogP) is 2.24. The number of ether oxygens (including phenoxy) is 1. The van der Waals surface area contributed by atoms with E-state index in [-0.39, 0.29) is 16.3 Å². The topological polar surface area (TPSA) is 68.6 Å². The van der Waals surface area contributed by atoms with Crippen molar-refractivity contribution in [1.82, 2.24) is 8.87 Å². The molecule has 2 aromatic rings. The van der Waals surface area contributed by atoms with Crippen LogP contribution in [-0.2, 0) is 16.6 Å². The first-order chi connectivity index (χ1) is 12.5. The van der Waals surface area contributed by atoms with Gasteiger partial charge in [-0.05, 0) is 49.6 Å². The Morgan fingerprint density at radius 1 is 1.04 bits per heavy atom. The molecule has 1 aromatic carbocycles. The first-order valence-electron chi connectivity index (χ1n) is 8.56. The summed E-state index contributed by atoms with van der Waals surface area (Å²) in [5.74, 6) is 0.212. The van der Waals surface area contributed by atoms with E-state index >= 15 is 0 Å². The van der Waals surface area contributed by atoms with Crippen LogP contribution in [0.1, 0.15) is 19.3 Å². The van der Waals surface area contributed by atoms with Gasteiger partial charge in [0.15, 0.2) is 0 Å². The highest BCUT2D eigenvalue weighted by Gasteiger charge is 2.27. The van der Waals surface area contributed by atoms with Gasteiger partial charge in [-0.1, -0.05) is 0 Å². The molecule has 0 spiro atoms. The summed E-state index contributed by atoms with van der Waals surface area (Å²) in [5, 5.41) is 0. The molecular weight excluding hydrogens is 359 g/mol. The van der Waals surface area contributed by atoms with Crippen LogP contribution < -0.4 is 10.3 Å². The van der Waals surface area contributed by atoms with Crippen molar-refractivity contribution in [3.63, 3.8) is 0 Å². The van der Waals surface area contributed by atoms with E-state index in [4.69, 9.17) is 4.74 Å². The van der Waals surface area contributed by atoms with E-state index in [1.165, 1.54) is 51.5 Å². The number of pyridine rings is 1. The molecule has 26 heavy (non-hydrogen) atoms. The average Bonchev–Trinajstić information content (AvgIpc) is 3.17. The molecule has 0 N–H and O–H groups in total. The van der Waals surface area contributed by atoms with E-state index in [1.54, 1.807) is 0 Å². The fourth-order valence-corrected chi connectivity index (χ4v) is 4.41. The maximum Gasteiger partial charge on any atom is 0.250 e. The molecule has 3 rings (SSSR count). The first-order valence-corrected chi connectivity index (χ1v) is 10.00. The Bertz CT molecular complexity index is 904. The van der Waals surface area contributed by atoms with Gasteiger partial charge in [0.25, 0.3) is 5.56 Å². The minimum Gasteiger partial charge on any atom is -0.494 e. The summed E-state index contributed by atoms with van der Waals surface area (Å²) in [7, 11) is -3.55. The number of aryl methyl sites for hydroxylation is 1. The Labute approximate surface area is 151 Å². The largest absolute Gasteiger partial charge is 0.494 e. The average molecular weight is 380 g/mol. The number of benzene rings is 1. The number of aromatic nitrogens is 1. The second kappa shape index (κ2) is 8.01. The van der Waals surface area contributed by atoms with Crippen molar-refractivity contribution in [2.75, 3.05) is 19.7 Å². The number of hydrogen-bond donors (Lipinski definition) is 0. The SMILES string of the molecule is O=c1ccc(S(=O)(=O)N2CCCC2)cn1CCCOc1ccc(F)cc1.